The van der Waals surface area contributed by atoms with Crippen LogP contribution in [0.15, 0.2) is 51.2 Å². The van der Waals surface area contributed by atoms with Gasteiger partial charge in [0.25, 0.3) is 5.91 Å². The molecule has 4 unspecified atom stereocenters. The lowest BCUT2D eigenvalue weighted by Gasteiger charge is -2.45. The highest BCUT2D eigenvalue weighted by molar-refractivity contribution is 6.06. The maximum atomic E-state index is 12.9. The number of benzene rings is 2. The average Bonchev–Trinajstić information content (AvgIpc) is 2.89. The normalized spacial score (nSPS) is 22.1. The SMILES string of the molecule is CC(C)=CCc1cc(C(=O)Nc2c(O)c3ccc(OC4OC(C)(C)C(O)C(O)C4O)c(C)c3oc2=O)ccc1O. The Morgan fingerprint density at radius 1 is 1.10 bits per heavy atom. The van der Waals surface area contributed by atoms with Crippen LogP contribution in [0.1, 0.15) is 49.2 Å². The quantitative estimate of drug-likeness (QED) is 0.196. The number of carbonyl (C=O) groups is 1. The van der Waals surface area contributed by atoms with E-state index in [1.807, 2.05) is 19.9 Å². The van der Waals surface area contributed by atoms with Crippen LogP contribution < -0.4 is 15.7 Å². The predicted octanol–water partition coefficient (Wildman–Crippen LogP) is 2.87. The van der Waals surface area contributed by atoms with Gasteiger partial charge in [0.05, 0.1) is 11.0 Å². The van der Waals surface area contributed by atoms with Crippen molar-refractivity contribution in [2.45, 2.75) is 71.2 Å². The predicted molar refractivity (Wildman–Crippen MR) is 146 cm³/mol. The van der Waals surface area contributed by atoms with E-state index in [0.29, 0.717) is 12.0 Å². The summed E-state index contributed by atoms with van der Waals surface area (Å²) in [4.78, 5) is 25.8. The summed E-state index contributed by atoms with van der Waals surface area (Å²) in [6.07, 6.45) is -3.50. The number of hydrogen-bond acceptors (Lipinski definition) is 10. The lowest BCUT2D eigenvalue weighted by atomic mass is 9.90. The van der Waals surface area contributed by atoms with E-state index >= 15 is 0 Å². The molecular weight excluding hydrogens is 522 g/mol. The molecule has 1 saturated heterocycles. The second-order valence-electron chi connectivity index (χ2n) is 10.6. The number of nitrogens with one attached hydrogen (secondary N) is 1. The van der Waals surface area contributed by atoms with Crippen LogP contribution in [-0.4, -0.2) is 61.6 Å². The van der Waals surface area contributed by atoms with E-state index < -0.39 is 53.2 Å². The van der Waals surface area contributed by atoms with Crippen LogP contribution >= 0.6 is 0 Å². The largest absolute Gasteiger partial charge is 0.508 e. The van der Waals surface area contributed by atoms with Crippen molar-refractivity contribution < 1.29 is 44.2 Å². The summed E-state index contributed by atoms with van der Waals surface area (Å²) in [7, 11) is 0. The molecule has 214 valence electrons. The second kappa shape index (κ2) is 10.9. The summed E-state index contributed by atoms with van der Waals surface area (Å²) in [6, 6.07) is 7.11. The Morgan fingerprint density at radius 2 is 1.80 bits per heavy atom. The molecule has 1 aliphatic heterocycles. The topological polar surface area (TPSA) is 179 Å². The van der Waals surface area contributed by atoms with E-state index in [1.54, 1.807) is 6.92 Å². The summed E-state index contributed by atoms with van der Waals surface area (Å²) >= 11 is 0. The number of aliphatic hydroxyl groups is 3. The summed E-state index contributed by atoms with van der Waals surface area (Å²) in [6.45, 7) is 8.44. The van der Waals surface area contributed by atoms with E-state index in [4.69, 9.17) is 13.9 Å². The monoisotopic (exact) mass is 555 g/mol. The van der Waals surface area contributed by atoms with Crippen molar-refractivity contribution in [1.82, 2.24) is 0 Å². The fourth-order valence-corrected chi connectivity index (χ4v) is 4.41. The van der Waals surface area contributed by atoms with Crippen LogP contribution in [0, 0.1) is 6.92 Å². The molecule has 1 amide bonds. The smallest absolute Gasteiger partial charge is 0.364 e. The molecule has 11 heteroatoms. The van der Waals surface area contributed by atoms with Gasteiger partial charge in [-0.2, -0.15) is 0 Å². The molecule has 0 bridgehead atoms. The average molecular weight is 556 g/mol. The molecule has 4 rings (SSSR count). The molecule has 40 heavy (non-hydrogen) atoms. The summed E-state index contributed by atoms with van der Waals surface area (Å²) in [5.74, 6) is -1.06. The Labute approximate surface area is 229 Å². The number of anilines is 1. The Kier molecular flexibility index (Phi) is 7.95. The fourth-order valence-electron chi connectivity index (χ4n) is 4.41. The molecular formula is C29H33NO10. The Balaban J connectivity index is 1.63. The number of rotatable bonds is 6. The molecule has 6 N–H and O–H groups in total. The zero-order valence-electron chi connectivity index (χ0n) is 22.8. The van der Waals surface area contributed by atoms with E-state index in [0.717, 1.165) is 5.57 Å². The van der Waals surface area contributed by atoms with Crippen LogP contribution in [0.4, 0.5) is 5.69 Å². The van der Waals surface area contributed by atoms with Crippen LogP contribution in [-0.2, 0) is 11.2 Å². The Hall–Kier alpha value is -3.90. The number of aliphatic hydroxyl groups excluding tert-OH is 3. The number of fused-ring (bicyclic) bond motifs is 1. The van der Waals surface area contributed by atoms with Gasteiger partial charge in [0.15, 0.2) is 11.4 Å². The molecule has 2 heterocycles. The minimum absolute atomic E-state index is 0.0241. The lowest BCUT2D eigenvalue weighted by Crippen LogP contribution is -2.63. The van der Waals surface area contributed by atoms with E-state index in [2.05, 4.69) is 5.32 Å². The molecule has 0 aliphatic carbocycles. The first-order valence-corrected chi connectivity index (χ1v) is 12.7. The van der Waals surface area contributed by atoms with E-state index in [-0.39, 0.29) is 33.6 Å². The lowest BCUT2D eigenvalue weighted by molar-refractivity contribution is -0.301. The number of aryl methyl sites for hydroxylation is 1. The number of aromatic hydroxyl groups is 2. The molecule has 0 saturated carbocycles. The number of hydrogen-bond donors (Lipinski definition) is 6. The third kappa shape index (κ3) is 5.54. The van der Waals surface area contributed by atoms with Crippen molar-refractivity contribution in [1.29, 1.82) is 0 Å². The Morgan fingerprint density at radius 3 is 2.48 bits per heavy atom. The molecule has 0 radical (unpaired) electrons. The molecule has 1 aliphatic rings. The zero-order valence-corrected chi connectivity index (χ0v) is 22.8. The summed E-state index contributed by atoms with van der Waals surface area (Å²) in [5.41, 5.74) is -0.740. The van der Waals surface area contributed by atoms with Crippen LogP contribution in [0.25, 0.3) is 11.0 Å². The molecule has 3 aromatic rings. The van der Waals surface area contributed by atoms with Crippen molar-refractivity contribution in [3.63, 3.8) is 0 Å². The van der Waals surface area contributed by atoms with Gasteiger partial charge >= 0.3 is 5.63 Å². The first kappa shape index (κ1) is 29.1. The molecule has 11 nitrogen and oxygen atoms in total. The van der Waals surface area contributed by atoms with Gasteiger partial charge in [0.1, 0.15) is 35.4 Å². The van der Waals surface area contributed by atoms with Crippen molar-refractivity contribution >= 4 is 22.6 Å². The molecule has 1 fully saturated rings. The van der Waals surface area contributed by atoms with Gasteiger partial charge < -0.3 is 44.7 Å². The second-order valence-corrected chi connectivity index (χ2v) is 10.6. The molecule has 4 atom stereocenters. The highest BCUT2D eigenvalue weighted by atomic mass is 16.7. The number of carbonyl (C=O) groups excluding carboxylic acids is 1. The van der Waals surface area contributed by atoms with Gasteiger partial charge in [-0.1, -0.05) is 11.6 Å². The summed E-state index contributed by atoms with van der Waals surface area (Å²) < 4.78 is 16.8. The highest BCUT2D eigenvalue weighted by Gasteiger charge is 2.49. The van der Waals surface area contributed by atoms with Crippen LogP contribution in [0.2, 0.25) is 0 Å². The van der Waals surface area contributed by atoms with Gasteiger partial charge in [-0.05, 0) is 76.9 Å². The van der Waals surface area contributed by atoms with E-state index in [9.17, 15) is 35.1 Å². The third-order valence-corrected chi connectivity index (χ3v) is 6.88. The van der Waals surface area contributed by atoms with Crippen molar-refractivity contribution in [2.75, 3.05) is 5.32 Å². The van der Waals surface area contributed by atoms with Gasteiger partial charge in [0.2, 0.25) is 6.29 Å². The maximum Gasteiger partial charge on any atom is 0.364 e. The van der Waals surface area contributed by atoms with Crippen molar-refractivity contribution in [2.24, 2.45) is 0 Å². The van der Waals surface area contributed by atoms with Gasteiger partial charge in [-0.15, -0.1) is 0 Å². The first-order chi connectivity index (χ1) is 18.7. The third-order valence-electron chi connectivity index (χ3n) is 6.88. The standard InChI is InChI=1S/C29H33NO10/c1-13(2)6-7-15-12-16(8-10-18(15)31)26(36)30-20-21(32)17-9-11-19(14(3)24(17)39-27(20)37)38-28-23(34)22(33)25(35)29(4,5)40-28/h6,8-12,22-23,25,28,31-35H,7H2,1-5H3,(H,30,36). The maximum absolute atomic E-state index is 12.9. The number of phenols is 1. The molecule has 1 aromatic heterocycles. The van der Waals surface area contributed by atoms with Gasteiger partial charge in [-0.3, -0.25) is 4.79 Å². The number of phenolic OH excluding ortho intramolecular Hbond substituents is 1. The minimum atomic E-state index is -1.57. The van der Waals surface area contributed by atoms with Crippen molar-refractivity contribution in [3.8, 4) is 17.2 Å². The highest BCUT2D eigenvalue weighted by Crippen LogP contribution is 2.37. The number of amides is 1. The van der Waals surface area contributed by atoms with E-state index in [1.165, 1.54) is 44.2 Å². The Bertz CT molecular complexity index is 1540. The summed E-state index contributed by atoms with van der Waals surface area (Å²) in [5, 5.41) is 54.2. The zero-order chi connectivity index (χ0) is 29.5. The van der Waals surface area contributed by atoms with Gasteiger partial charge in [0, 0.05) is 11.1 Å². The van der Waals surface area contributed by atoms with Crippen LogP contribution in [0.5, 0.6) is 17.2 Å². The fraction of sp³-hybridized carbons (Fsp3) is 0.379. The van der Waals surface area contributed by atoms with Crippen molar-refractivity contribution in [3.05, 3.63) is 69.1 Å². The minimum Gasteiger partial charge on any atom is -0.508 e. The first-order valence-electron chi connectivity index (χ1n) is 12.7. The molecule has 2 aromatic carbocycles. The number of allylic oxidation sites excluding steroid dienone is 2. The van der Waals surface area contributed by atoms with Gasteiger partial charge in [-0.25, -0.2) is 4.79 Å². The molecule has 0 spiro atoms. The number of ether oxygens (including phenoxy) is 2. The van der Waals surface area contributed by atoms with Crippen LogP contribution in [0.3, 0.4) is 0 Å².